The average molecular weight is 291 g/mol. The first-order chi connectivity index (χ1) is 10.0. The van der Waals surface area contributed by atoms with E-state index in [0.29, 0.717) is 30.2 Å². The van der Waals surface area contributed by atoms with Gasteiger partial charge in [-0.3, -0.25) is 9.59 Å². The van der Waals surface area contributed by atoms with E-state index in [-0.39, 0.29) is 17.7 Å². The Morgan fingerprint density at radius 3 is 2.67 bits per heavy atom. The van der Waals surface area contributed by atoms with Gasteiger partial charge in [0.2, 0.25) is 11.8 Å². The summed E-state index contributed by atoms with van der Waals surface area (Å²) in [6.07, 6.45) is 5.52. The topological polar surface area (TPSA) is 75.4 Å². The largest absolute Gasteiger partial charge is 0.446 e. The molecule has 3 rings (SSSR count). The van der Waals surface area contributed by atoms with E-state index in [9.17, 15) is 9.59 Å². The molecule has 0 saturated heterocycles. The van der Waals surface area contributed by atoms with E-state index in [1.165, 1.54) is 6.26 Å². The lowest BCUT2D eigenvalue weighted by molar-refractivity contribution is -0.136. The summed E-state index contributed by atoms with van der Waals surface area (Å²) in [7, 11) is 0. The zero-order chi connectivity index (χ0) is 15.0. The Hall–Kier alpha value is -1.85. The summed E-state index contributed by atoms with van der Waals surface area (Å²) in [6.45, 7) is 4.13. The number of hydrogen-bond acceptors (Lipinski definition) is 4. The van der Waals surface area contributed by atoms with Gasteiger partial charge in [-0.25, -0.2) is 4.98 Å². The van der Waals surface area contributed by atoms with Gasteiger partial charge in [0.1, 0.15) is 6.26 Å². The van der Waals surface area contributed by atoms with E-state index in [1.54, 1.807) is 0 Å². The number of hydrogen-bond donors (Lipinski definition) is 1. The number of carbonyl (C=O) groups excluding carboxylic acids is 2. The number of amides is 2. The summed E-state index contributed by atoms with van der Waals surface area (Å²) >= 11 is 0. The number of carbonyl (C=O) groups is 2. The van der Waals surface area contributed by atoms with Crippen LogP contribution in [0.3, 0.4) is 0 Å². The molecule has 6 nitrogen and oxygen atoms in total. The molecule has 1 N–H and O–H groups in total. The minimum atomic E-state index is -0.194. The van der Waals surface area contributed by atoms with Gasteiger partial charge >= 0.3 is 0 Å². The molecule has 2 amide bonds. The molecule has 114 valence electrons. The van der Waals surface area contributed by atoms with Gasteiger partial charge in [-0.1, -0.05) is 13.8 Å². The van der Waals surface area contributed by atoms with Gasteiger partial charge in [0, 0.05) is 18.0 Å². The fourth-order valence-electron chi connectivity index (χ4n) is 2.23. The molecular weight excluding hydrogens is 270 g/mol. The summed E-state index contributed by atoms with van der Waals surface area (Å²) < 4.78 is 5.36. The highest BCUT2D eigenvalue weighted by Gasteiger charge is 2.34. The van der Waals surface area contributed by atoms with Crippen molar-refractivity contribution in [2.75, 3.05) is 0 Å². The Balaban J connectivity index is 1.64. The van der Waals surface area contributed by atoms with Crippen LogP contribution in [0.4, 0.5) is 0 Å². The predicted octanol–water partition coefficient (Wildman–Crippen LogP) is 1.71. The molecule has 2 fully saturated rings. The summed E-state index contributed by atoms with van der Waals surface area (Å²) in [6, 6.07) is 0.596. The van der Waals surface area contributed by atoms with Gasteiger partial charge in [-0.2, -0.15) is 0 Å². The Morgan fingerprint density at radius 2 is 2.10 bits per heavy atom. The van der Waals surface area contributed by atoms with Crippen LogP contribution >= 0.6 is 0 Å². The van der Waals surface area contributed by atoms with Crippen LogP contribution in [-0.4, -0.2) is 33.8 Å². The minimum absolute atomic E-state index is 0.0433. The molecule has 6 heteroatoms. The third-order valence-electron chi connectivity index (χ3n) is 3.77. The molecule has 1 aromatic heterocycles. The number of aromatic nitrogens is 1. The van der Waals surface area contributed by atoms with Crippen molar-refractivity contribution in [3.63, 3.8) is 0 Å². The lowest BCUT2D eigenvalue weighted by Crippen LogP contribution is -2.35. The molecule has 2 saturated carbocycles. The molecule has 1 aromatic rings. The first-order valence-electron chi connectivity index (χ1n) is 7.60. The molecule has 0 bridgehead atoms. The van der Waals surface area contributed by atoms with Crippen LogP contribution in [0.5, 0.6) is 0 Å². The average Bonchev–Trinajstić information content (AvgIpc) is 3.36. The Bertz CT molecular complexity index is 544. The zero-order valence-electron chi connectivity index (χ0n) is 12.5. The van der Waals surface area contributed by atoms with Gasteiger partial charge in [0.15, 0.2) is 5.69 Å². The standard InChI is InChI=1S/C15H21N3O3/c1-9(2)15(20)18(11-5-6-11)7-13-17-12(8-21-13)14(19)16-10-3-4-10/h8-11H,3-7H2,1-2H3,(H,16,19). The highest BCUT2D eigenvalue weighted by atomic mass is 16.3. The molecule has 0 atom stereocenters. The van der Waals surface area contributed by atoms with Gasteiger partial charge in [-0.15, -0.1) is 0 Å². The molecule has 2 aliphatic rings. The number of rotatable bonds is 6. The van der Waals surface area contributed by atoms with Crippen molar-refractivity contribution >= 4 is 11.8 Å². The maximum absolute atomic E-state index is 12.2. The van der Waals surface area contributed by atoms with E-state index in [0.717, 1.165) is 25.7 Å². The molecule has 1 heterocycles. The van der Waals surface area contributed by atoms with Crippen molar-refractivity contribution in [1.82, 2.24) is 15.2 Å². The molecule has 0 spiro atoms. The number of oxazole rings is 1. The quantitative estimate of drug-likeness (QED) is 0.865. The second-order valence-corrected chi connectivity index (χ2v) is 6.23. The van der Waals surface area contributed by atoms with E-state index >= 15 is 0 Å². The second kappa shape index (κ2) is 5.50. The summed E-state index contributed by atoms with van der Waals surface area (Å²) in [5, 5.41) is 2.87. The molecule has 2 aliphatic carbocycles. The van der Waals surface area contributed by atoms with Gasteiger partial charge in [0.05, 0.1) is 6.54 Å². The maximum Gasteiger partial charge on any atom is 0.273 e. The highest BCUT2D eigenvalue weighted by Crippen LogP contribution is 2.29. The van der Waals surface area contributed by atoms with Gasteiger partial charge in [0.25, 0.3) is 5.91 Å². The molecule has 21 heavy (non-hydrogen) atoms. The lowest BCUT2D eigenvalue weighted by Gasteiger charge is -2.22. The van der Waals surface area contributed by atoms with E-state index in [2.05, 4.69) is 10.3 Å². The van der Waals surface area contributed by atoms with Crippen LogP contribution in [0.15, 0.2) is 10.7 Å². The molecular formula is C15H21N3O3. The molecule has 0 unspecified atom stereocenters. The normalized spacial score (nSPS) is 17.9. The number of nitrogens with zero attached hydrogens (tertiary/aromatic N) is 2. The highest BCUT2D eigenvalue weighted by molar-refractivity contribution is 5.92. The SMILES string of the molecule is CC(C)C(=O)N(Cc1nc(C(=O)NC2CC2)co1)C1CC1. The van der Waals surface area contributed by atoms with Crippen molar-refractivity contribution in [2.45, 2.75) is 58.2 Å². The monoisotopic (exact) mass is 291 g/mol. The van der Waals surface area contributed by atoms with Crippen LogP contribution in [0, 0.1) is 5.92 Å². The summed E-state index contributed by atoms with van der Waals surface area (Å²) in [5.74, 6) is 0.301. The van der Waals surface area contributed by atoms with Gasteiger partial charge < -0.3 is 14.6 Å². The predicted molar refractivity (Wildman–Crippen MR) is 75.4 cm³/mol. The van der Waals surface area contributed by atoms with Crippen molar-refractivity contribution in [2.24, 2.45) is 5.92 Å². The Kier molecular flexibility index (Phi) is 3.69. The number of nitrogens with one attached hydrogen (secondary N) is 1. The van der Waals surface area contributed by atoms with Crippen molar-refractivity contribution in [1.29, 1.82) is 0 Å². The molecule has 0 aromatic carbocycles. The summed E-state index contributed by atoms with van der Waals surface area (Å²) in [5.41, 5.74) is 0.296. The van der Waals surface area contributed by atoms with Crippen LogP contribution in [0.25, 0.3) is 0 Å². The van der Waals surface area contributed by atoms with Gasteiger partial charge in [-0.05, 0) is 25.7 Å². The Labute approximate surface area is 123 Å². The van der Waals surface area contributed by atoms with Crippen LogP contribution in [0.1, 0.15) is 55.9 Å². The first-order valence-corrected chi connectivity index (χ1v) is 7.60. The maximum atomic E-state index is 12.2. The third-order valence-corrected chi connectivity index (χ3v) is 3.77. The van der Waals surface area contributed by atoms with Crippen LogP contribution in [0.2, 0.25) is 0 Å². The van der Waals surface area contributed by atoms with E-state index in [1.807, 2.05) is 18.7 Å². The molecule has 0 aliphatic heterocycles. The van der Waals surface area contributed by atoms with E-state index < -0.39 is 0 Å². The Morgan fingerprint density at radius 1 is 1.38 bits per heavy atom. The molecule has 0 radical (unpaired) electrons. The zero-order valence-corrected chi connectivity index (χ0v) is 12.5. The van der Waals surface area contributed by atoms with Crippen LogP contribution < -0.4 is 5.32 Å². The second-order valence-electron chi connectivity index (χ2n) is 6.23. The first kappa shape index (κ1) is 14.1. The van der Waals surface area contributed by atoms with E-state index in [4.69, 9.17) is 4.42 Å². The fourth-order valence-corrected chi connectivity index (χ4v) is 2.23. The van der Waals surface area contributed by atoms with Crippen molar-refractivity contribution < 1.29 is 14.0 Å². The fraction of sp³-hybridized carbons (Fsp3) is 0.667. The minimum Gasteiger partial charge on any atom is -0.446 e. The third kappa shape index (κ3) is 3.43. The summed E-state index contributed by atoms with van der Waals surface area (Å²) in [4.78, 5) is 30.1. The smallest absolute Gasteiger partial charge is 0.273 e. The van der Waals surface area contributed by atoms with Crippen LogP contribution in [-0.2, 0) is 11.3 Å². The lowest BCUT2D eigenvalue weighted by atomic mass is 10.2. The van der Waals surface area contributed by atoms with Crippen molar-refractivity contribution in [3.8, 4) is 0 Å². The van der Waals surface area contributed by atoms with Crippen molar-refractivity contribution in [3.05, 3.63) is 17.8 Å².